The molecular formula is C17H17FN4O4S. The van der Waals surface area contributed by atoms with Crippen molar-refractivity contribution >= 4 is 21.6 Å². The van der Waals surface area contributed by atoms with Gasteiger partial charge in [-0.05, 0) is 35.4 Å². The number of amides is 1. The number of halogens is 1. The third-order valence-corrected chi connectivity index (χ3v) is 7.40. The molecule has 3 fully saturated rings. The molecule has 142 valence electrons. The Hall–Kier alpha value is -2.49. The van der Waals surface area contributed by atoms with Gasteiger partial charge < -0.3 is 4.74 Å². The van der Waals surface area contributed by atoms with Crippen LogP contribution in [0, 0.1) is 17.7 Å². The van der Waals surface area contributed by atoms with E-state index in [-0.39, 0.29) is 29.3 Å². The second-order valence-corrected chi connectivity index (χ2v) is 9.53. The van der Waals surface area contributed by atoms with Crippen molar-refractivity contribution in [3.8, 4) is 0 Å². The molecule has 1 amide bonds. The van der Waals surface area contributed by atoms with E-state index in [0.717, 1.165) is 0 Å². The Morgan fingerprint density at radius 3 is 2.70 bits per heavy atom. The molecule has 5 rings (SSSR count). The first kappa shape index (κ1) is 16.7. The third-order valence-electron chi connectivity index (χ3n) is 5.62. The zero-order chi connectivity index (χ0) is 18.8. The summed E-state index contributed by atoms with van der Waals surface area (Å²) >= 11 is 0. The molecule has 2 aromatic rings. The average Bonchev–Trinajstić information content (AvgIpc) is 3.04. The predicted octanol–water partition coefficient (Wildman–Crippen LogP) is 1.20. The standard InChI is InChI=1S/C17H17FN4O4S/c18-15-5-10(1-2-12(15)16-13-8-27(24,25)9-14(13)16)22-7-11(26-17(22)23)6-21-4-3-19-20-21/h1-5,11,13-14,16H,6-9H2/t11-,13-,14+,16?/m0/s1. The van der Waals surface area contributed by atoms with Gasteiger partial charge in [0, 0.05) is 6.20 Å². The van der Waals surface area contributed by atoms with E-state index in [2.05, 4.69) is 10.3 Å². The molecule has 10 heteroatoms. The number of benzene rings is 1. The van der Waals surface area contributed by atoms with Crippen molar-refractivity contribution in [2.75, 3.05) is 23.0 Å². The van der Waals surface area contributed by atoms with Crippen LogP contribution in [0.4, 0.5) is 14.9 Å². The van der Waals surface area contributed by atoms with Gasteiger partial charge in [-0.2, -0.15) is 0 Å². The molecule has 3 aliphatic rings. The Morgan fingerprint density at radius 2 is 2.04 bits per heavy atom. The predicted molar refractivity (Wildman–Crippen MR) is 92.4 cm³/mol. The largest absolute Gasteiger partial charge is 0.442 e. The van der Waals surface area contributed by atoms with Gasteiger partial charge in [0.15, 0.2) is 9.84 Å². The summed E-state index contributed by atoms with van der Waals surface area (Å²) < 4.78 is 44.7. The molecule has 0 bridgehead atoms. The van der Waals surface area contributed by atoms with Crippen LogP contribution in [0.2, 0.25) is 0 Å². The van der Waals surface area contributed by atoms with E-state index in [1.807, 2.05) is 0 Å². The van der Waals surface area contributed by atoms with Crippen molar-refractivity contribution in [1.29, 1.82) is 0 Å². The molecule has 0 spiro atoms. The Bertz CT molecular complexity index is 992. The molecule has 2 aliphatic heterocycles. The lowest BCUT2D eigenvalue weighted by molar-refractivity contribution is 0.129. The minimum Gasteiger partial charge on any atom is -0.442 e. The van der Waals surface area contributed by atoms with E-state index < -0.39 is 27.9 Å². The summed E-state index contributed by atoms with van der Waals surface area (Å²) in [6.07, 6.45) is 2.30. The van der Waals surface area contributed by atoms with Gasteiger partial charge in [0.05, 0.1) is 36.5 Å². The lowest BCUT2D eigenvalue weighted by Gasteiger charge is -2.15. The number of ether oxygens (including phenoxy) is 1. The summed E-state index contributed by atoms with van der Waals surface area (Å²) in [5, 5.41) is 7.56. The highest BCUT2D eigenvalue weighted by Crippen LogP contribution is 2.59. The first-order valence-corrected chi connectivity index (χ1v) is 10.6. The number of cyclic esters (lactones) is 1. The van der Waals surface area contributed by atoms with E-state index in [1.165, 1.54) is 11.0 Å². The van der Waals surface area contributed by atoms with Crippen molar-refractivity contribution in [2.24, 2.45) is 11.8 Å². The fourth-order valence-electron chi connectivity index (χ4n) is 4.34. The maximum Gasteiger partial charge on any atom is 0.414 e. The van der Waals surface area contributed by atoms with Gasteiger partial charge >= 0.3 is 6.09 Å². The Labute approximate surface area is 154 Å². The number of aromatic nitrogens is 3. The highest BCUT2D eigenvalue weighted by Gasteiger charge is 2.59. The number of hydrogen-bond donors (Lipinski definition) is 0. The van der Waals surface area contributed by atoms with Crippen LogP contribution < -0.4 is 4.90 Å². The topological polar surface area (TPSA) is 94.4 Å². The zero-order valence-electron chi connectivity index (χ0n) is 14.2. The smallest absolute Gasteiger partial charge is 0.414 e. The number of carbonyl (C=O) groups is 1. The highest BCUT2D eigenvalue weighted by molar-refractivity contribution is 7.91. The van der Waals surface area contributed by atoms with Crippen LogP contribution in [-0.4, -0.2) is 53.7 Å². The number of hydrogen-bond acceptors (Lipinski definition) is 6. The van der Waals surface area contributed by atoms with E-state index >= 15 is 0 Å². The third kappa shape index (κ3) is 2.88. The van der Waals surface area contributed by atoms with E-state index in [9.17, 15) is 17.6 Å². The van der Waals surface area contributed by atoms with Gasteiger partial charge in [-0.25, -0.2) is 22.3 Å². The van der Waals surface area contributed by atoms with E-state index in [4.69, 9.17) is 4.74 Å². The quantitative estimate of drug-likeness (QED) is 0.776. The van der Waals surface area contributed by atoms with Crippen LogP contribution in [0.1, 0.15) is 11.5 Å². The molecule has 3 heterocycles. The summed E-state index contributed by atoms with van der Waals surface area (Å²) in [7, 11) is -2.96. The van der Waals surface area contributed by atoms with Crippen LogP contribution in [0.5, 0.6) is 0 Å². The van der Waals surface area contributed by atoms with Gasteiger partial charge in [-0.3, -0.25) is 4.90 Å². The normalized spacial score (nSPS) is 31.0. The lowest BCUT2D eigenvalue weighted by atomic mass is 10.1. The van der Waals surface area contributed by atoms with Gasteiger partial charge in [0.2, 0.25) is 0 Å². The first-order chi connectivity index (χ1) is 12.9. The van der Waals surface area contributed by atoms with E-state index in [1.54, 1.807) is 29.2 Å². The lowest BCUT2D eigenvalue weighted by Crippen LogP contribution is -2.26. The molecule has 1 unspecified atom stereocenters. The number of rotatable bonds is 4. The summed E-state index contributed by atoms with van der Waals surface area (Å²) in [6, 6.07) is 4.69. The molecule has 4 atom stereocenters. The number of fused-ring (bicyclic) bond motifs is 1. The Balaban J connectivity index is 1.30. The van der Waals surface area contributed by atoms with Crippen LogP contribution in [0.15, 0.2) is 30.6 Å². The van der Waals surface area contributed by atoms with Crippen molar-refractivity contribution in [2.45, 2.75) is 18.6 Å². The van der Waals surface area contributed by atoms with Gasteiger partial charge in [0.25, 0.3) is 0 Å². The minimum absolute atomic E-state index is 0.0270. The van der Waals surface area contributed by atoms with Crippen molar-refractivity contribution in [1.82, 2.24) is 15.0 Å². The van der Waals surface area contributed by atoms with Gasteiger partial charge in [0.1, 0.15) is 11.9 Å². The monoisotopic (exact) mass is 392 g/mol. The molecule has 0 N–H and O–H groups in total. The highest BCUT2D eigenvalue weighted by atomic mass is 32.2. The summed E-state index contributed by atoms with van der Waals surface area (Å²) in [5.41, 5.74) is 0.969. The van der Waals surface area contributed by atoms with Crippen LogP contribution in [0.25, 0.3) is 0 Å². The van der Waals surface area contributed by atoms with Crippen molar-refractivity contribution in [3.63, 3.8) is 0 Å². The molecule has 0 radical (unpaired) electrons. The van der Waals surface area contributed by atoms with Gasteiger partial charge in [-0.1, -0.05) is 11.3 Å². The molecule has 1 aromatic carbocycles. The zero-order valence-corrected chi connectivity index (χ0v) is 15.0. The number of sulfone groups is 1. The van der Waals surface area contributed by atoms with Crippen LogP contribution >= 0.6 is 0 Å². The summed E-state index contributed by atoms with van der Waals surface area (Å²) in [6.45, 7) is 0.674. The molecule has 1 aliphatic carbocycles. The summed E-state index contributed by atoms with van der Waals surface area (Å²) in [5.74, 6) is -0.0963. The second-order valence-electron chi connectivity index (χ2n) is 7.38. The average molecular weight is 392 g/mol. The maximum absolute atomic E-state index is 14.7. The number of nitrogens with zero attached hydrogens (tertiary/aromatic N) is 4. The van der Waals surface area contributed by atoms with E-state index in [0.29, 0.717) is 24.3 Å². The molecule has 27 heavy (non-hydrogen) atoms. The van der Waals surface area contributed by atoms with Crippen molar-refractivity contribution in [3.05, 3.63) is 42.0 Å². The molecule has 1 aromatic heterocycles. The maximum atomic E-state index is 14.7. The first-order valence-electron chi connectivity index (χ1n) is 8.73. The number of carbonyl (C=O) groups excluding carboxylic acids is 1. The number of anilines is 1. The van der Waals surface area contributed by atoms with Crippen LogP contribution in [-0.2, 0) is 21.1 Å². The SMILES string of the molecule is O=C1O[C@@H](Cn2ccnn2)CN1c1ccc(C2[C@H]3CS(=O)(=O)C[C@@H]23)c(F)c1. The van der Waals surface area contributed by atoms with Gasteiger partial charge in [-0.15, -0.1) is 5.10 Å². The Morgan fingerprint density at radius 1 is 1.26 bits per heavy atom. The fraction of sp³-hybridized carbons (Fsp3) is 0.471. The minimum atomic E-state index is -2.96. The molecule has 2 saturated heterocycles. The fourth-order valence-corrected chi connectivity index (χ4v) is 6.55. The molecule has 8 nitrogen and oxygen atoms in total. The van der Waals surface area contributed by atoms with Crippen LogP contribution in [0.3, 0.4) is 0 Å². The summed E-state index contributed by atoms with van der Waals surface area (Å²) in [4.78, 5) is 13.6. The molecule has 1 saturated carbocycles. The molecular weight excluding hydrogens is 375 g/mol. The van der Waals surface area contributed by atoms with Crippen molar-refractivity contribution < 1.29 is 22.3 Å². The Kier molecular flexibility index (Phi) is 3.55. The second kappa shape index (κ2) is 5.75.